The number of aromatic nitrogens is 2. The van der Waals surface area contributed by atoms with Crippen molar-refractivity contribution in [3.05, 3.63) is 12.4 Å². The Labute approximate surface area is 109 Å². The minimum Gasteiger partial charge on any atom is -0.357 e. The van der Waals surface area contributed by atoms with Gasteiger partial charge in [0, 0.05) is 35.9 Å². The van der Waals surface area contributed by atoms with Crippen LogP contribution in [0.3, 0.4) is 0 Å². The molecular weight excluding hydrogens is 276 g/mol. The Hall–Kier alpha value is -1.06. The number of rotatable bonds is 6. The molecule has 0 spiro atoms. The maximum atomic E-state index is 11.8. The van der Waals surface area contributed by atoms with Crippen LogP contribution in [-0.4, -0.2) is 47.7 Å². The Morgan fingerprint density at radius 2 is 1.94 bits per heavy atom. The van der Waals surface area contributed by atoms with E-state index in [0.29, 0.717) is 5.95 Å². The SMILES string of the molecule is CNc1ncc(S(=O)(=O)NCC(C)S(C)=O)cn1. The minimum absolute atomic E-state index is 0.0180. The first-order valence-corrected chi connectivity index (χ1v) is 8.29. The van der Waals surface area contributed by atoms with E-state index in [9.17, 15) is 12.6 Å². The molecule has 18 heavy (non-hydrogen) atoms. The average Bonchev–Trinajstić information content (AvgIpc) is 2.36. The molecule has 0 amide bonds. The molecule has 0 fully saturated rings. The molecule has 0 aromatic carbocycles. The molecule has 0 aliphatic heterocycles. The van der Waals surface area contributed by atoms with Crippen LogP contribution in [0.1, 0.15) is 6.92 Å². The summed E-state index contributed by atoms with van der Waals surface area (Å²) in [6.07, 6.45) is 3.97. The van der Waals surface area contributed by atoms with Gasteiger partial charge >= 0.3 is 0 Å². The van der Waals surface area contributed by atoms with Gasteiger partial charge in [-0.15, -0.1) is 0 Å². The molecule has 0 saturated carbocycles. The summed E-state index contributed by atoms with van der Waals surface area (Å²) < 4.78 is 37.2. The molecule has 1 rings (SSSR count). The number of nitrogens with zero attached hydrogens (tertiary/aromatic N) is 2. The summed E-state index contributed by atoms with van der Waals surface area (Å²) in [5.41, 5.74) is 0. The van der Waals surface area contributed by atoms with Gasteiger partial charge in [0.1, 0.15) is 4.90 Å². The lowest BCUT2D eigenvalue weighted by molar-refractivity contribution is 0.579. The summed E-state index contributed by atoms with van der Waals surface area (Å²) in [5, 5.41) is 2.44. The van der Waals surface area contributed by atoms with Gasteiger partial charge < -0.3 is 5.32 Å². The second kappa shape index (κ2) is 6.21. The molecule has 2 N–H and O–H groups in total. The van der Waals surface area contributed by atoms with Gasteiger partial charge in [-0.25, -0.2) is 23.1 Å². The topological polar surface area (TPSA) is 101 Å². The van der Waals surface area contributed by atoms with Gasteiger partial charge in [-0.05, 0) is 6.92 Å². The van der Waals surface area contributed by atoms with E-state index in [2.05, 4.69) is 20.0 Å². The Morgan fingerprint density at radius 3 is 2.39 bits per heavy atom. The predicted octanol–water partition coefficient (Wildman–Crippen LogP) is -0.436. The first-order chi connectivity index (χ1) is 8.36. The van der Waals surface area contributed by atoms with Gasteiger partial charge in [0.2, 0.25) is 16.0 Å². The first kappa shape index (κ1) is 15.0. The second-order valence-corrected chi connectivity index (χ2v) is 7.22. The van der Waals surface area contributed by atoms with E-state index in [1.54, 1.807) is 14.0 Å². The Balaban J connectivity index is 2.76. The molecule has 0 aliphatic rings. The Morgan fingerprint density at radius 1 is 1.39 bits per heavy atom. The molecule has 0 radical (unpaired) electrons. The molecule has 2 unspecified atom stereocenters. The Bertz CT molecular complexity index is 515. The van der Waals surface area contributed by atoms with Crippen molar-refractivity contribution in [3.63, 3.8) is 0 Å². The van der Waals surface area contributed by atoms with E-state index in [1.165, 1.54) is 18.6 Å². The number of sulfonamides is 1. The van der Waals surface area contributed by atoms with E-state index in [0.717, 1.165) is 0 Å². The van der Waals surface area contributed by atoms with E-state index >= 15 is 0 Å². The van der Waals surface area contributed by atoms with Crippen LogP contribution < -0.4 is 10.0 Å². The predicted molar refractivity (Wildman–Crippen MR) is 70.3 cm³/mol. The normalized spacial score (nSPS) is 15.1. The number of anilines is 1. The van der Waals surface area contributed by atoms with Gasteiger partial charge in [0.05, 0.1) is 12.4 Å². The summed E-state index contributed by atoms with van der Waals surface area (Å²) in [5.74, 6) is 0.344. The van der Waals surface area contributed by atoms with Crippen molar-refractivity contribution in [1.29, 1.82) is 0 Å². The molecule has 1 aromatic rings. The van der Waals surface area contributed by atoms with Crippen molar-refractivity contribution < 1.29 is 12.6 Å². The summed E-state index contributed by atoms with van der Waals surface area (Å²) in [6, 6.07) is 0. The highest BCUT2D eigenvalue weighted by molar-refractivity contribution is 7.89. The molecule has 0 aliphatic carbocycles. The molecule has 1 aromatic heterocycles. The standard InChI is InChI=1S/C9H16N4O3S2/c1-7(17(3)14)4-13-18(15,16)8-5-11-9(10-2)12-6-8/h5-7,13H,4H2,1-3H3,(H,10,11,12). The van der Waals surface area contributed by atoms with Crippen molar-refractivity contribution in [2.24, 2.45) is 0 Å². The summed E-state index contributed by atoms with van der Waals surface area (Å²) in [7, 11) is -3.09. The molecule has 9 heteroatoms. The maximum Gasteiger partial charge on any atom is 0.243 e. The quantitative estimate of drug-likeness (QED) is 0.737. The van der Waals surface area contributed by atoms with Gasteiger partial charge in [0.25, 0.3) is 0 Å². The highest BCUT2D eigenvalue weighted by Gasteiger charge is 2.17. The third-order valence-corrected chi connectivity index (χ3v) is 4.97. The summed E-state index contributed by atoms with van der Waals surface area (Å²) in [4.78, 5) is 7.63. The highest BCUT2D eigenvalue weighted by Crippen LogP contribution is 2.07. The van der Waals surface area contributed by atoms with Crippen LogP contribution in [0.5, 0.6) is 0 Å². The van der Waals surface area contributed by atoms with Crippen molar-refractivity contribution in [2.75, 3.05) is 25.2 Å². The molecule has 1 heterocycles. The average molecular weight is 292 g/mol. The van der Waals surface area contributed by atoms with E-state index in [-0.39, 0.29) is 16.7 Å². The van der Waals surface area contributed by atoms with Gasteiger partial charge in [-0.1, -0.05) is 0 Å². The zero-order valence-electron chi connectivity index (χ0n) is 10.4. The molecule has 2 atom stereocenters. The van der Waals surface area contributed by atoms with Crippen LogP contribution in [0.15, 0.2) is 17.3 Å². The van der Waals surface area contributed by atoms with Crippen molar-refractivity contribution in [2.45, 2.75) is 17.1 Å². The maximum absolute atomic E-state index is 11.8. The monoisotopic (exact) mass is 292 g/mol. The van der Waals surface area contributed by atoms with Crippen LogP contribution in [-0.2, 0) is 20.8 Å². The van der Waals surface area contributed by atoms with Gasteiger partial charge in [-0.2, -0.15) is 0 Å². The van der Waals surface area contributed by atoms with Crippen LogP contribution in [0.4, 0.5) is 5.95 Å². The third kappa shape index (κ3) is 4.00. The highest BCUT2D eigenvalue weighted by atomic mass is 32.2. The molecule has 7 nitrogen and oxygen atoms in total. The summed E-state index contributed by atoms with van der Waals surface area (Å²) >= 11 is 0. The van der Waals surface area contributed by atoms with E-state index in [4.69, 9.17) is 0 Å². The number of hydrogen-bond acceptors (Lipinski definition) is 6. The van der Waals surface area contributed by atoms with Gasteiger partial charge in [-0.3, -0.25) is 4.21 Å². The molecule has 0 saturated heterocycles. The summed E-state index contributed by atoms with van der Waals surface area (Å²) in [6.45, 7) is 1.82. The lowest BCUT2D eigenvalue weighted by atomic mass is 10.5. The fourth-order valence-corrected chi connectivity index (χ4v) is 2.45. The van der Waals surface area contributed by atoms with Gasteiger partial charge in [0.15, 0.2) is 0 Å². The fraction of sp³-hybridized carbons (Fsp3) is 0.556. The molecule has 0 bridgehead atoms. The lowest BCUT2D eigenvalue weighted by Gasteiger charge is -2.10. The van der Waals surface area contributed by atoms with Crippen LogP contribution >= 0.6 is 0 Å². The van der Waals surface area contributed by atoms with Crippen molar-refractivity contribution in [3.8, 4) is 0 Å². The lowest BCUT2D eigenvalue weighted by Crippen LogP contribution is -2.32. The number of nitrogens with one attached hydrogen (secondary N) is 2. The fourth-order valence-electron chi connectivity index (χ4n) is 1.01. The zero-order valence-corrected chi connectivity index (χ0v) is 12.0. The van der Waals surface area contributed by atoms with Crippen LogP contribution in [0, 0.1) is 0 Å². The van der Waals surface area contributed by atoms with E-state index in [1.807, 2.05) is 0 Å². The van der Waals surface area contributed by atoms with Crippen LogP contribution in [0.2, 0.25) is 0 Å². The molecule has 102 valence electrons. The van der Waals surface area contributed by atoms with Crippen molar-refractivity contribution >= 4 is 26.8 Å². The van der Waals surface area contributed by atoms with Crippen molar-refractivity contribution in [1.82, 2.24) is 14.7 Å². The van der Waals surface area contributed by atoms with E-state index < -0.39 is 20.8 Å². The second-order valence-electron chi connectivity index (χ2n) is 3.65. The molecular formula is C9H16N4O3S2. The Kier molecular flexibility index (Phi) is 5.17. The zero-order chi connectivity index (χ0) is 13.8. The van der Waals surface area contributed by atoms with Crippen LogP contribution in [0.25, 0.3) is 0 Å². The third-order valence-electron chi connectivity index (χ3n) is 2.29. The smallest absolute Gasteiger partial charge is 0.243 e. The largest absolute Gasteiger partial charge is 0.357 e. The number of hydrogen-bond donors (Lipinski definition) is 2. The first-order valence-electron chi connectivity index (χ1n) is 5.18. The minimum atomic E-state index is -3.65.